The smallest absolute Gasteiger partial charge is 0.0281 e. The first-order valence-corrected chi connectivity index (χ1v) is 9.70. The molecule has 1 aliphatic rings. The van der Waals surface area contributed by atoms with Gasteiger partial charge in [-0.1, -0.05) is 57.4 Å². The number of rotatable bonds is 7. The molecule has 21 heavy (non-hydrogen) atoms. The molecule has 0 atom stereocenters. The van der Waals surface area contributed by atoms with Gasteiger partial charge < -0.3 is 5.32 Å². The number of thioether (sulfide) groups is 1. The summed E-state index contributed by atoms with van der Waals surface area (Å²) in [4.78, 5) is 0. The molecule has 0 heterocycles. The molecule has 0 unspecified atom stereocenters. The highest BCUT2D eigenvalue weighted by Gasteiger charge is 2.30. The average molecular weight is 306 g/mol. The van der Waals surface area contributed by atoms with Gasteiger partial charge in [0.15, 0.2) is 0 Å². The van der Waals surface area contributed by atoms with Crippen LogP contribution in [0.15, 0.2) is 24.3 Å². The average Bonchev–Trinajstić information content (AvgIpc) is 2.49. The van der Waals surface area contributed by atoms with Crippen molar-refractivity contribution in [1.82, 2.24) is 5.32 Å². The first-order chi connectivity index (χ1) is 10.1. The van der Waals surface area contributed by atoms with Crippen molar-refractivity contribution in [3.8, 4) is 0 Å². The van der Waals surface area contributed by atoms with Crippen LogP contribution in [0, 0.1) is 5.92 Å². The molecule has 2 heteroatoms. The van der Waals surface area contributed by atoms with Gasteiger partial charge in [0.2, 0.25) is 0 Å². The Bertz CT molecular complexity index is 404. The predicted molar refractivity (Wildman–Crippen MR) is 96.0 cm³/mol. The van der Waals surface area contributed by atoms with E-state index in [0.717, 1.165) is 19.0 Å². The van der Waals surface area contributed by atoms with Crippen LogP contribution in [-0.4, -0.2) is 17.5 Å². The Morgan fingerprint density at radius 1 is 1.05 bits per heavy atom. The molecular weight excluding hydrogens is 274 g/mol. The van der Waals surface area contributed by atoms with Gasteiger partial charge in [0.25, 0.3) is 0 Å². The molecule has 1 saturated carbocycles. The van der Waals surface area contributed by atoms with Gasteiger partial charge in [-0.25, -0.2) is 0 Å². The molecule has 0 aromatic heterocycles. The lowest BCUT2D eigenvalue weighted by molar-refractivity contribution is 0.379. The molecular formula is C19H31NS. The molecule has 0 aliphatic heterocycles. The lowest BCUT2D eigenvalue weighted by Crippen LogP contribution is -2.39. The van der Waals surface area contributed by atoms with Crippen molar-refractivity contribution in [3.63, 3.8) is 0 Å². The standard InChI is InChI=1S/C19H31NS/c1-16(2)13-17-7-9-18(10-8-17)14-20-15-19(21-3)11-5-4-6-12-19/h7-10,16,20H,4-6,11-15H2,1-3H3. The number of benzene rings is 1. The van der Waals surface area contributed by atoms with Gasteiger partial charge in [-0.2, -0.15) is 11.8 Å². The third-order valence-electron chi connectivity index (χ3n) is 4.64. The molecule has 1 aromatic carbocycles. The molecule has 1 aromatic rings. The Kier molecular flexibility index (Phi) is 6.63. The van der Waals surface area contributed by atoms with Gasteiger partial charge in [-0.3, -0.25) is 0 Å². The van der Waals surface area contributed by atoms with Crippen LogP contribution in [0.2, 0.25) is 0 Å². The summed E-state index contributed by atoms with van der Waals surface area (Å²) in [6, 6.07) is 9.17. The second-order valence-electron chi connectivity index (χ2n) is 6.97. The third kappa shape index (κ3) is 5.34. The van der Waals surface area contributed by atoms with Gasteiger partial charge in [-0.15, -0.1) is 0 Å². The van der Waals surface area contributed by atoms with E-state index in [9.17, 15) is 0 Å². The monoisotopic (exact) mass is 305 g/mol. The quantitative estimate of drug-likeness (QED) is 0.757. The zero-order chi connectivity index (χ0) is 15.1. The molecule has 0 radical (unpaired) electrons. The van der Waals surface area contributed by atoms with Gasteiger partial charge in [-0.05, 0) is 42.6 Å². The zero-order valence-electron chi connectivity index (χ0n) is 14.0. The summed E-state index contributed by atoms with van der Waals surface area (Å²) >= 11 is 2.08. The summed E-state index contributed by atoms with van der Waals surface area (Å²) in [6.07, 6.45) is 10.5. The van der Waals surface area contributed by atoms with Crippen molar-refractivity contribution < 1.29 is 0 Å². The second kappa shape index (κ2) is 8.24. The van der Waals surface area contributed by atoms with Crippen LogP contribution in [-0.2, 0) is 13.0 Å². The molecule has 1 fully saturated rings. The Labute approximate surface area is 135 Å². The number of hydrogen-bond donors (Lipinski definition) is 1. The molecule has 0 amide bonds. The van der Waals surface area contributed by atoms with E-state index in [1.807, 2.05) is 0 Å². The summed E-state index contributed by atoms with van der Waals surface area (Å²) in [7, 11) is 0. The fourth-order valence-electron chi connectivity index (χ4n) is 3.35. The molecule has 0 bridgehead atoms. The van der Waals surface area contributed by atoms with Crippen LogP contribution in [0.5, 0.6) is 0 Å². The van der Waals surface area contributed by atoms with Crippen LogP contribution in [0.25, 0.3) is 0 Å². The summed E-state index contributed by atoms with van der Waals surface area (Å²) in [5, 5.41) is 3.70. The molecule has 1 nitrogen and oxygen atoms in total. The van der Waals surface area contributed by atoms with Crippen LogP contribution in [0.1, 0.15) is 57.1 Å². The van der Waals surface area contributed by atoms with Gasteiger partial charge in [0.05, 0.1) is 0 Å². The lowest BCUT2D eigenvalue weighted by Gasteiger charge is -2.36. The maximum absolute atomic E-state index is 3.70. The van der Waals surface area contributed by atoms with E-state index >= 15 is 0 Å². The summed E-state index contributed by atoms with van der Waals surface area (Å²) < 4.78 is 0.496. The second-order valence-corrected chi connectivity index (χ2v) is 8.24. The van der Waals surface area contributed by atoms with Crippen molar-refractivity contribution in [2.75, 3.05) is 12.8 Å². The maximum Gasteiger partial charge on any atom is 0.0281 e. The summed E-state index contributed by atoms with van der Waals surface area (Å²) in [6.45, 7) is 6.72. The van der Waals surface area contributed by atoms with Crippen molar-refractivity contribution in [2.45, 2.75) is 63.7 Å². The van der Waals surface area contributed by atoms with Gasteiger partial charge in [0, 0.05) is 17.8 Å². The molecule has 0 spiro atoms. The lowest BCUT2D eigenvalue weighted by atomic mass is 9.88. The molecule has 1 N–H and O–H groups in total. The van der Waals surface area contributed by atoms with E-state index in [2.05, 4.69) is 61.4 Å². The Hall–Kier alpha value is -0.470. The Morgan fingerprint density at radius 3 is 2.24 bits per heavy atom. The van der Waals surface area contributed by atoms with E-state index in [1.54, 1.807) is 0 Å². The van der Waals surface area contributed by atoms with Crippen LogP contribution >= 0.6 is 11.8 Å². The van der Waals surface area contributed by atoms with E-state index in [1.165, 1.54) is 49.7 Å². The van der Waals surface area contributed by atoms with Gasteiger partial charge >= 0.3 is 0 Å². The molecule has 1 aliphatic carbocycles. The van der Waals surface area contributed by atoms with Crippen molar-refractivity contribution in [1.29, 1.82) is 0 Å². The molecule has 2 rings (SSSR count). The SMILES string of the molecule is CSC1(CNCc2ccc(CC(C)C)cc2)CCCCC1. The van der Waals surface area contributed by atoms with Gasteiger partial charge in [0.1, 0.15) is 0 Å². The third-order valence-corrected chi connectivity index (χ3v) is 6.06. The highest BCUT2D eigenvalue weighted by molar-refractivity contribution is 8.00. The van der Waals surface area contributed by atoms with Crippen LogP contribution in [0.4, 0.5) is 0 Å². The summed E-state index contributed by atoms with van der Waals surface area (Å²) in [5.41, 5.74) is 2.87. The van der Waals surface area contributed by atoms with E-state index in [4.69, 9.17) is 0 Å². The first-order valence-electron chi connectivity index (χ1n) is 8.47. The normalized spacial score (nSPS) is 18.1. The van der Waals surface area contributed by atoms with Crippen molar-refractivity contribution >= 4 is 11.8 Å². The number of nitrogens with one attached hydrogen (secondary N) is 1. The minimum Gasteiger partial charge on any atom is -0.311 e. The molecule has 118 valence electrons. The fourth-order valence-corrected chi connectivity index (χ4v) is 4.29. The van der Waals surface area contributed by atoms with E-state index in [0.29, 0.717) is 4.75 Å². The fraction of sp³-hybridized carbons (Fsp3) is 0.684. The summed E-state index contributed by atoms with van der Waals surface area (Å²) in [5.74, 6) is 0.738. The van der Waals surface area contributed by atoms with Crippen molar-refractivity contribution in [2.24, 2.45) is 5.92 Å². The first kappa shape index (κ1) is 16.9. The largest absolute Gasteiger partial charge is 0.311 e. The van der Waals surface area contributed by atoms with E-state index in [-0.39, 0.29) is 0 Å². The minimum absolute atomic E-state index is 0.496. The van der Waals surface area contributed by atoms with Crippen molar-refractivity contribution in [3.05, 3.63) is 35.4 Å². The zero-order valence-corrected chi connectivity index (χ0v) is 14.8. The highest BCUT2D eigenvalue weighted by atomic mass is 32.2. The van der Waals surface area contributed by atoms with Crippen LogP contribution in [0.3, 0.4) is 0 Å². The highest BCUT2D eigenvalue weighted by Crippen LogP contribution is 2.37. The molecule has 0 saturated heterocycles. The minimum atomic E-state index is 0.496. The van der Waals surface area contributed by atoms with Crippen LogP contribution < -0.4 is 5.32 Å². The maximum atomic E-state index is 3.70. The van der Waals surface area contributed by atoms with E-state index < -0.39 is 0 Å². The number of hydrogen-bond acceptors (Lipinski definition) is 2. The topological polar surface area (TPSA) is 12.0 Å². The Morgan fingerprint density at radius 2 is 1.67 bits per heavy atom. The Balaban J connectivity index is 1.79. The predicted octanol–water partition coefficient (Wildman–Crippen LogP) is 5.04.